The van der Waals surface area contributed by atoms with Gasteiger partial charge in [0.2, 0.25) is 11.8 Å². The molecule has 1 saturated carbocycles. The summed E-state index contributed by atoms with van der Waals surface area (Å²) in [6.45, 7) is 5.63. The third-order valence-corrected chi connectivity index (χ3v) is 2.46. The van der Waals surface area contributed by atoms with E-state index < -0.39 is 0 Å². The predicted octanol–water partition coefficient (Wildman–Crippen LogP) is 0.0169. The van der Waals surface area contributed by atoms with Crippen LogP contribution < -0.4 is 16.0 Å². The molecule has 0 atom stereocenters. The monoisotopic (exact) mass is 241 g/mol. The topological polar surface area (TPSA) is 70.2 Å². The second-order valence-corrected chi connectivity index (χ2v) is 4.97. The molecule has 0 aromatic rings. The van der Waals surface area contributed by atoms with E-state index in [1.165, 1.54) is 0 Å². The minimum Gasteiger partial charge on any atom is -0.355 e. The summed E-state index contributed by atoms with van der Waals surface area (Å²) in [5.41, 5.74) is 0. The maximum atomic E-state index is 11.3. The molecule has 2 amide bonds. The fourth-order valence-corrected chi connectivity index (χ4v) is 1.31. The standard InChI is InChI=1S/C12H23N3O2/c1-9(2)7-14-12(17)8-13-6-5-11(16)15-10-3-4-10/h9-10,13H,3-8H2,1-2H3,(H,14,17)(H,15,16). The molecule has 3 N–H and O–H groups in total. The number of carbonyl (C=O) groups is 2. The summed E-state index contributed by atoms with van der Waals surface area (Å²) in [6.07, 6.45) is 2.65. The van der Waals surface area contributed by atoms with Gasteiger partial charge in [0.15, 0.2) is 0 Å². The molecule has 1 rings (SSSR count). The lowest BCUT2D eigenvalue weighted by Gasteiger charge is -2.08. The molecule has 17 heavy (non-hydrogen) atoms. The van der Waals surface area contributed by atoms with Crippen LogP contribution in [-0.2, 0) is 9.59 Å². The smallest absolute Gasteiger partial charge is 0.233 e. The first-order chi connectivity index (χ1) is 8.08. The highest BCUT2D eigenvalue weighted by Gasteiger charge is 2.22. The van der Waals surface area contributed by atoms with Gasteiger partial charge in [-0.15, -0.1) is 0 Å². The Labute approximate surface area is 103 Å². The SMILES string of the molecule is CC(C)CNC(=O)CNCCC(=O)NC1CC1. The maximum absolute atomic E-state index is 11.3. The Balaban J connectivity index is 1.91. The van der Waals surface area contributed by atoms with Crippen LogP contribution in [0.4, 0.5) is 0 Å². The molecule has 5 nitrogen and oxygen atoms in total. The van der Waals surface area contributed by atoms with Gasteiger partial charge in [-0.3, -0.25) is 9.59 Å². The number of rotatable bonds is 8. The summed E-state index contributed by atoms with van der Waals surface area (Å²) in [6, 6.07) is 0.414. The Morgan fingerprint density at radius 3 is 2.53 bits per heavy atom. The van der Waals surface area contributed by atoms with E-state index in [4.69, 9.17) is 0 Å². The molecular weight excluding hydrogens is 218 g/mol. The Kier molecular flexibility index (Phi) is 5.97. The molecule has 0 heterocycles. The molecule has 0 aromatic heterocycles. The van der Waals surface area contributed by atoms with Crippen molar-refractivity contribution in [2.75, 3.05) is 19.6 Å². The van der Waals surface area contributed by atoms with Gasteiger partial charge in [0.25, 0.3) is 0 Å². The molecule has 0 saturated heterocycles. The van der Waals surface area contributed by atoms with Gasteiger partial charge in [-0.1, -0.05) is 13.8 Å². The Bertz CT molecular complexity index is 262. The second-order valence-electron chi connectivity index (χ2n) is 4.97. The number of nitrogens with one attached hydrogen (secondary N) is 3. The fraction of sp³-hybridized carbons (Fsp3) is 0.833. The Morgan fingerprint density at radius 1 is 1.24 bits per heavy atom. The van der Waals surface area contributed by atoms with E-state index in [1.807, 2.05) is 0 Å². The van der Waals surface area contributed by atoms with Gasteiger partial charge in [0.1, 0.15) is 0 Å². The summed E-state index contributed by atoms with van der Waals surface area (Å²) in [5, 5.41) is 8.67. The first-order valence-corrected chi connectivity index (χ1v) is 6.34. The van der Waals surface area contributed by atoms with Crippen molar-refractivity contribution in [1.29, 1.82) is 0 Å². The van der Waals surface area contributed by atoms with Crippen LogP contribution in [0.2, 0.25) is 0 Å². The largest absolute Gasteiger partial charge is 0.355 e. The molecule has 0 radical (unpaired) electrons. The van der Waals surface area contributed by atoms with Crippen LogP contribution in [-0.4, -0.2) is 37.5 Å². The van der Waals surface area contributed by atoms with E-state index in [9.17, 15) is 9.59 Å². The van der Waals surface area contributed by atoms with Gasteiger partial charge in [-0.05, 0) is 18.8 Å². The van der Waals surface area contributed by atoms with Crippen LogP contribution in [0, 0.1) is 5.92 Å². The second kappa shape index (κ2) is 7.27. The molecule has 0 aliphatic heterocycles. The van der Waals surface area contributed by atoms with Crippen LogP contribution in [0.1, 0.15) is 33.1 Å². The minimum atomic E-state index is -0.0127. The summed E-state index contributed by atoms with van der Waals surface area (Å²) in [7, 11) is 0. The molecule has 5 heteroatoms. The van der Waals surface area contributed by atoms with Crippen molar-refractivity contribution in [2.24, 2.45) is 5.92 Å². The van der Waals surface area contributed by atoms with E-state index in [-0.39, 0.29) is 18.4 Å². The van der Waals surface area contributed by atoms with E-state index in [1.54, 1.807) is 0 Å². The summed E-state index contributed by atoms with van der Waals surface area (Å²) >= 11 is 0. The normalized spacial score (nSPS) is 14.8. The van der Waals surface area contributed by atoms with Crippen LogP contribution in [0.3, 0.4) is 0 Å². The molecule has 0 unspecified atom stereocenters. The third-order valence-electron chi connectivity index (χ3n) is 2.46. The van der Waals surface area contributed by atoms with Gasteiger partial charge in [-0.2, -0.15) is 0 Å². The van der Waals surface area contributed by atoms with Gasteiger partial charge >= 0.3 is 0 Å². The fourth-order valence-electron chi connectivity index (χ4n) is 1.31. The quantitative estimate of drug-likeness (QED) is 0.525. The molecule has 0 bridgehead atoms. The molecule has 1 aliphatic carbocycles. The van der Waals surface area contributed by atoms with Crippen LogP contribution in [0.25, 0.3) is 0 Å². The van der Waals surface area contributed by atoms with Gasteiger partial charge in [0, 0.05) is 25.6 Å². The molecule has 0 spiro atoms. The molecule has 0 aromatic carbocycles. The number of amides is 2. The van der Waals surface area contributed by atoms with Gasteiger partial charge in [0.05, 0.1) is 6.54 Å². The van der Waals surface area contributed by atoms with Crippen molar-refractivity contribution in [1.82, 2.24) is 16.0 Å². The van der Waals surface area contributed by atoms with Gasteiger partial charge < -0.3 is 16.0 Å². The van der Waals surface area contributed by atoms with E-state index in [0.717, 1.165) is 12.8 Å². The summed E-state index contributed by atoms with van der Waals surface area (Å²) < 4.78 is 0. The van der Waals surface area contributed by atoms with Crippen molar-refractivity contribution < 1.29 is 9.59 Å². The van der Waals surface area contributed by atoms with E-state index in [0.29, 0.717) is 31.5 Å². The zero-order chi connectivity index (χ0) is 12.7. The molecular formula is C12H23N3O2. The zero-order valence-electron chi connectivity index (χ0n) is 10.7. The lowest BCUT2D eigenvalue weighted by Crippen LogP contribution is -2.37. The highest BCUT2D eigenvalue weighted by atomic mass is 16.2. The van der Waals surface area contributed by atoms with Crippen LogP contribution in [0.15, 0.2) is 0 Å². The number of hydrogen-bond acceptors (Lipinski definition) is 3. The molecule has 1 aliphatic rings. The molecule has 98 valence electrons. The van der Waals surface area contributed by atoms with Crippen LogP contribution in [0.5, 0.6) is 0 Å². The van der Waals surface area contributed by atoms with Gasteiger partial charge in [-0.25, -0.2) is 0 Å². The average Bonchev–Trinajstić information content (AvgIpc) is 3.05. The average molecular weight is 241 g/mol. The summed E-state index contributed by atoms with van der Waals surface area (Å²) in [5.74, 6) is 0.521. The third kappa shape index (κ3) is 7.74. The van der Waals surface area contributed by atoms with Crippen molar-refractivity contribution in [3.63, 3.8) is 0 Å². The zero-order valence-corrected chi connectivity index (χ0v) is 10.7. The highest BCUT2D eigenvalue weighted by Crippen LogP contribution is 2.18. The van der Waals surface area contributed by atoms with Crippen LogP contribution >= 0.6 is 0 Å². The number of hydrogen-bond donors (Lipinski definition) is 3. The maximum Gasteiger partial charge on any atom is 0.233 e. The van der Waals surface area contributed by atoms with E-state index in [2.05, 4.69) is 29.8 Å². The predicted molar refractivity (Wildman–Crippen MR) is 66.5 cm³/mol. The lowest BCUT2D eigenvalue weighted by atomic mass is 10.2. The Hall–Kier alpha value is -1.10. The number of carbonyl (C=O) groups excluding carboxylic acids is 2. The highest BCUT2D eigenvalue weighted by molar-refractivity contribution is 5.78. The van der Waals surface area contributed by atoms with Crippen molar-refractivity contribution in [2.45, 2.75) is 39.2 Å². The molecule has 1 fully saturated rings. The first-order valence-electron chi connectivity index (χ1n) is 6.34. The van der Waals surface area contributed by atoms with Crippen molar-refractivity contribution in [3.8, 4) is 0 Å². The summed E-state index contributed by atoms with van der Waals surface area (Å²) in [4.78, 5) is 22.6. The van der Waals surface area contributed by atoms with Crippen molar-refractivity contribution >= 4 is 11.8 Å². The van der Waals surface area contributed by atoms with E-state index >= 15 is 0 Å². The first kappa shape index (κ1) is 14.0. The Morgan fingerprint density at radius 2 is 1.94 bits per heavy atom. The van der Waals surface area contributed by atoms with Crippen molar-refractivity contribution in [3.05, 3.63) is 0 Å². The minimum absolute atomic E-state index is 0.0127. The lowest BCUT2D eigenvalue weighted by molar-refractivity contribution is -0.122.